The molecule has 0 atom stereocenters. The van der Waals surface area contributed by atoms with E-state index >= 15 is 0 Å². The smallest absolute Gasteiger partial charge is 0.324 e. The summed E-state index contributed by atoms with van der Waals surface area (Å²) in [5.74, 6) is -0.617. The maximum absolute atomic E-state index is 11.1. The minimum Gasteiger partial charge on any atom is -0.480 e. The second-order valence-corrected chi connectivity index (χ2v) is 4.39. The van der Waals surface area contributed by atoms with Gasteiger partial charge in [0, 0.05) is 6.04 Å². The van der Waals surface area contributed by atoms with Gasteiger partial charge in [0.15, 0.2) is 0 Å². The summed E-state index contributed by atoms with van der Waals surface area (Å²) in [6.07, 6.45) is 6.40. The minimum absolute atomic E-state index is 0.495. The predicted molar refractivity (Wildman–Crippen MR) is 49.6 cm³/mol. The SMILES string of the molecule is CN(C1CCC1)C1(C(=O)O)CCC1. The Balaban J connectivity index is 2.06. The van der Waals surface area contributed by atoms with Crippen molar-refractivity contribution in [2.24, 2.45) is 0 Å². The van der Waals surface area contributed by atoms with Gasteiger partial charge in [0.2, 0.25) is 0 Å². The Morgan fingerprint density at radius 3 is 2.23 bits per heavy atom. The van der Waals surface area contributed by atoms with Crippen molar-refractivity contribution in [3.05, 3.63) is 0 Å². The minimum atomic E-state index is -0.617. The Kier molecular flexibility index (Phi) is 2.06. The number of carbonyl (C=O) groups is 1. The highest BCUT2D eigenvalue weighted by Gasteiger charge is 2.50. The summed E-state index contributed by atoms with van der Waals surface area (Å²) in [4.78, 5) is 13.3. The molecule has 0 radical (unpaired) electrons. The third-order valence-corrected chi connectivity index (χ3v) is 3.88. The molecule has 2 rings (SSSR count). The average molecular weight is 183 g/mol. The standard InChI is InChI=1S/C10H17NO2/c1-11(8-4-2-5-8)10(9(12)13)6-3-7-10/h8H,2-7H2,1H3,(H,12,13). The van der Waals surface area contributed by atoms with Crippen LogP contribution in [0.15, 0.2) is 0 Å². The second kappa shape index (κ2) is 2.98. The summed E-state index contributed by atoms with van der Waals surface area (Å²) in [6, 6.07) is 0.538. The van der Waals surface area contributed by atoms with E-state index < -0.39 is 11.5 Å². The summed E-state index contributed by atoms with van der Waals surface area (Å²) in [7, 11) is 1.98. The first-order valence-electron chi connectivity index (χ1n) is 5.13. The third-order valence-electron chi connectivity index (χ3n) is 3.88. The van der Waals surface area contributed by atoms with E-state index in [9.17, 15) is 9.90 Å². The van der Waals surface area contributed by atoms with Crippen LogP contribution >= 0.6 is 0 Å². The van der Waals surface area contributed by atoms with Crippen molar-refractivity contribution in [3.8, 4) is 0 Å². The lowest BCUT2D eigenvalue weighted by Gasteiger charge is -2.50. The van der Waals surface area contributed by atoms with E-state index in [-0.39, 0.29) is 0 Å². The normalized spacial score (nSPS) is 26.6. The number of aliphatic carboxylic acids is 1. The van der Waals surface area contributed by atoms with Crippen molar-refractivity contribution in [1.29, 1.82) is 0 Å². The van der Waals surface area contributed by atoms with Gasteiger partial charge in [-0.1, -0.05) is 6.42 Å². The van der Waals surface area contributed by atoms with Crippen molar-refractivity contribution >= 4 is 5.97 Å². The molecular formula is C10H17NO2. The first kappa shape index (κ1) is 9.00. The van der Waals surface area contributed by atoms with Crippen molar-refractivity contribution in [2.45, 2.75) is 50.1 Å². The monoisotopic (exact) mass is 183 g/mol. The van der Waals surface area contributed by atoms with E-state index in [4.69, 9.17) is 0 Å². The first-order valence-corrected chi connectivity index (χ1v) is 5.13. The van der Waals surface area contributed by atoms with Gasteiger partial charge in [0.1, 0.15) is 5.54 Å². The van der Waals surface area contributed by atoms with E-state index in [1.54, 1.807) is 0 Å². The van der Waals surface area contributed by atoms with Crippen LogP contribution in [0.4, 0.5) is 0 Å². The average Bonchev–Trinajstić information content (AvgIpc) is 1.77. The molecule has 0 aromatic carbocycles. The molecule has 0 saturated heterocycles. The molecule has 0 aromatic heterocycles. The van der Waals surface area contributed by atoms with Crippen LogP contribution in [0.5, 0.6) is 0 Å². The molecule has 0 unspecified atom stereocenters. The predicted octanol–water partition coefficient (Wildman–Crippen LogP) is 1.48. The van der Waals surface area contributed by atoms with Crippen LogP contribution in [-0.4, -0.2) is 34.6 Å². The number of rotatable bonds is 3. The fraction of sp³-hybridized carbons (Fsp3) is 0.900. The zero-order valence-electron chi connectivity index (χ0n) is 8.12. The molecule has 74 valence electrons. The van der Waals surface area contributed by atoms with E-state index in [2.05, 4.69) is 4.90 Å². The maximum Gasteiger partial charge on any atom is 0.324 e. The summed E-state index contributed by atoms with van der Waals surface area (Å²) >= 11 is 0. The lowest BCUT2D eigenvalue weighted by molar-refractivity contribution is -0.161. The quantitative estimate of drug-likeness (QED) is 0.720. The molecule has 2 aliphatic rings. The second-order valence-electron chi connectivity index (χ2n) is 4.39. The summed E-state index contributed by atoms with van der Waals surface area (Å²) in [5.41, 5.74) is -0.495. The number of hydrogen-bond acceptors (Lipinski definition) is 2. The van der Waals surface area contributed by atoms with E-state index in [0.29, 0.717) is 6.04 Å². The van der Waals surface area contributed by atoms with E-state index in [1.165, 1.54) is 19.3 Å². The number of carboxylic acid groups (broad SMARTS) is 1. The summed E-state index contributed by atoms with van der Waals surface area (Å²) in [5, 5.41) is 9.18. The highest BCUT2D eigenvalue weighted by atomic mass is 16.4. The van der Waals surface area contributed by atoms with Gasteiger partial charge in [-0.05, 0) is 39.2 Å². The van der Waals surface area contributed by atoms with Gasteiger partial charge in [-0.2, -0.15) is 0 Å². The largest absolute Gasteiger partial charge is 0.480 e. The molecule has 0 amide bonds. The number of nitrogens with zero attached hydrogens (tertiary/aromatic N) is 1. The van der Waals surface area contributed by atoms with Gasteiger partial charge in [-0.25, -0.2) is 0 Å². The number of likely N-dealkylation sites (N-methyl/N-ethyl adjacent to an activating group) is 1. The van der Waals surface area contributed by atoms with Gasteiger partial charge in [0.25, 0.3) is 0 Å². The number of carboxylic acids is 1. The highest BCUT2D eigenvalue weighted by Crippen LogP contribution is 2.41. The van der Waals surface area contributed by atoms with Gasteiger partial charge in [-0.3, -0.25) is 9.69 Å². The molecule has 2 aliphatic carbocycles. The van der Waals surface area contributed by atoms with Crippen LogP contribution in [0.2, 0.25) is 0 Å². The molecular weight excluding hydrogens is 166 g/mol. The number of hydrogen-bond donors (Lipinski definition) is 1. The Hall–Kier alpha value is -0.570. The molecule has 3 heteroatoms. The van der Waals surface area contributed by atoms with Gasteiger partial charge >= 0.3 is 5.97 Å². The molecule has 1 N–H and O–H groups in total. The van der Waals surface area contributed by atoms with Crippen molar-refractivity contribution in [2.75, 3.05) is 7.05 Å². The topological polar surface area (TPSA) is 40.5 Å². The van der Waals surface area contributed by atoms with Crippen molar-refractivity contribution in [1.82, 2.24) is 4.90 Å². The van der Waals surface area contributed by atoms with Crippen LogP contribution in [0.1, 0.15) is 38.5 Å². The van der Waals surface area contributed by atoms with Crippen LogP contribution in [0.25, 0.3) is 0 Å². The molecule has 0 bridgehead atoms. The zero-order chi connectivity index (χ0) is 9.47. The zero-order valence-corrected chi connectivity index (χ0v) is 8.12. The molecule has 3 nitrogen and oxygen atoms in total. The van der Waals surface area contributed by atoms with Crippen LogP contribution < -0.4 is 0 Å². The molecule has 13 heavy (non-hydrogen) atoms. The lowest BCUT2D eigenvalue weighted by Crippen LogP contribution is -2.62. The summed E-state index contributed by atoms with van der Waals surface area (Å²) < 4.78 is 0. The van der Waals surface area contributed by atoms with Gasteiger partial charge in [-0.15, -0.1) is 0 Å². The molecule has 2 saturated carbocycles. The molecule has 0 aromatic rings. The van der Waals surface area contributed by atoms with Gasteiger partial charge in [0.05, 0.1) is 0 Å². The van der Waals surface area contributed by atoms with Crippen molar-refractivity contribution in [3.63, 3.8) is 0 Å². The lowest BCUT2D eigenvalue weighted by atomic mass is 9.73. The Morgan fingerprint density at radius 1 is 1.38 bits per heavy atom. The molecule has 0 heterocycles. The molecule has 0 aliphatic heterocycles. The van der Waals surface area contributed by atoms with Crippen molar-refractivity contribution < 1.29 is 9.90 Å². The van der Waals surface area contributed by atoms with Crippen LogP contribution in [0.3, 0.4) is 0 Å². The third kappa shape index (κ3) is 1.17. The molecule has 2 fully saturated rings. The molecule has 0 spiro atoms. The van der Waals surface area contributed by atoms with E-state index in [0.717, 1.165) is 19.3 Å². The van der Waals surface area contributed by atoms with Crippen LogP contribution in [0, 0.1) is 0 Å². The Morgan fingerprint density at radius 2 is 2.00 bits per heavy atom. The Bertz CT molecular complexity index is 219. The van der Waals surface area contributed by atoms with Crippen LogP contribution in [-0.2, 0) is 4.79 Å². The Labute approximate surface area is 78.7 Å². The highest BCUT2D eigenvalue weighted by molar-refractivity contribution is 5.80. The maximum atomic E-state index is 11.1. The first-order chi connectivity index (χ1) is 6.17. The fourth-order valence-electron chi connectivity index (χ4n) is 2.35. The van der Waals surface area contributed by atoms with Gasteiger partial charge < -0.3 is 5.11 Å². The summed E-state index contributed by atoms with van der Waals surface area (Å²) in [6.45, 7) is 0. The fourth-order valence-corrected chi connectivity index (χ4v) is 2.35. The van der Waals surface area contributed by atoms with E-state index in [1.807, 2.05) is 7.05 Å².